The van der Waals surface area contributed by atoms with Crippen molar-refractivity contribution in [2.24, 2.45) is 5.92 Å². The third-order valence-electron chi connectivity index (χ3n) is 3.39. The van der Waals surface area contributed by atoms with Crippen LogP contribution >= 0.6 is 0 Å². The molecule has 1 saturated heterocycles. The van der Waals surface area contributed by atoms with Gasteiger partial charge in [-0.25, -0.2) is 4.98 Å². The van der Waals surface area contributed by atoms with Gasteiger partial charge < -0.3 is 9.80 Å². The van der Waals surface area contributed by atoms with Gasteiger partial charge in [0.05, 0.1) is 0 Å². The molecule has 1 fully saturated rings. The van der Waals surface area contributed by atoms with Crippen LogP contribution in [-0.4, -0.2) is 37.2 Å². The maximum atomic E-state index is 12.9. The number of halogens is 3. The molecule has 1 aliphatic rings. The Kier molecular flexibility index (Phi) is 4.06. The van der Waals surface area contributed by atoms with Crippen LogP contribution in [0.1, 0.15) is 25.5 Å². The van der Waals surface area contributed by atoms with Crippen molar-refractivity contribution in [1.29, 1.82) is 0 Å². The van der Waals surface area contributed by atoms with Crippen LogP contribution in [0.2, 0.25) is 0 Å². The second kappa shape index (κ2) is 5.46. The maximum absolute atomic E-state index is 12.9. The van der Waals surface area contributed by atoms with E-state index in [1.165, 1.54) is 0 Å². The minimum atomic E-state index is -4.45. The van der Waals surface area contributed by atoms with Crippen LogP contribution in [0.25, 0.3) is 0 Å². The molecule has 20 heavy (non-hydrogen) atoms. The summed E-state index contributed by atoms with van der Waals surface area (Å²) in [7, 11) is 3.34. The number of hydrogen-bond acceptors (Lipinski definition) is 4. The molecule has 1 aromatic rings. The van der Waals surface area contributed by atoms with Gasteiger partial charge in [-0.15, -0.1) is 0 Å². The van der Waals surface area contributed by atoms with Crippen LogP contribution in [0.3, 0.4) is 0 Å². The van der Waals surface area contributed by atoms with Crippen molar-refractivity contribution >= 4 is 11.8 Å². The molecule has 2 heterocycles. The molecule has 1 atom stereocenters. The van der Waals surface area contributed by atoms with Crippen LogP contribution in [-0.2, 0) is 6.18 Å². The summed E-state index contributed by atoms with van der Waals surface area (Å²) in [6.45, 7) is 3.50. The van der Waals surface area contributed by atoms with Gasteiger partial charge in [0.25, 0.3) is 0 Å². The van der Waals surface area contributed by atoms with Gasteiger partial charge in [0, 0.05) is 33.3 Å². The van der Waals surface area contributed by atoms with E-state index >= 15 is 0 Å². The highest BCUT2D eigenvalue weighted by Crippen LogP contribution is 2.31. The standard InChI is InChI=1S/C13H19F3N4/c1-9-5-4-6-20(8-9)12-17-10(13(14,15)16)7-11(18-12)19(2)3/h7,9H,4-6,8H2,1-3H3. The first kappa shape index (κ1) is 14.9. The molecule has 1 aromatic heterocycles. The summed E-state index contributed by atoms with van der Waals surface area (Å²) in [5, 5.41) is 0. The third kappa shape index (κ3) is 3.32. The summed E-state index contributed by atoms with van der Waals surface area (Å²) < 4.78 is 38.8. The molecule has 0 saturated carbocycles. The molecule has 0 radical (unpaired) electrons. The summed E-state index contributed by atoms with van der Waals surface area (Å²) in [4.78, 5) is 11.4. The first-order valence-electron chi connectivity index (χ1n) is 6.66. The fourth-order valence-corrected chi connectivity index (χ4v) is 2.31. The molecule has 0 spiro atoms. The highest BCUT2D eigenvalue weighted by atomic mass is 19.4. The normalized spacial score (nSPS) is 20.1. The van der Waals surface area contributed by atoms with Crippen LogP contribution in [0.15, 0.2) is 6.07 Å². The number of hydrogen-bond donors (Lipinski definition) is 0. The van der Waals surface area contributed by atoms with Gasteiger partial charge in [-0.05, 0) is 18.8 Å². The van der Waals surface area contributed by atoms with Crippen molar-refractivity contribution in [3.8, 4) is 0 Å². The Balaban J connectivity index is 2.38. The van der Waals surface area contributed by atoms with Crippen molar-refractivity contribution in [2.45, 2.75) is 25.9 Å². The Morgan fingerprint density at radius 2 is 2.00 bits per heavy atom. The lowest BCUT2D eigenvalue weighted by Crippen LogP contribution is -2.36. The molecule has 0 N–H and O–H groups in total. The Hall–Kier alpha value is -1.53. The zero-order chi connectivity index (χ0) is 14.9. The zero-order valence-electron chi connectivity index (χ0n) is 11.9. The van der Waals surface area contributed by atoms with E-state index in [1.807, 2.05) is 4.90 Å². The largest absolute Gasteiger partial charge is 0.433 e. The zero-order valence-corrected chi connectivity index (χ0v) is 11.9. The number of piperidine rings is 1. The molecule has 1 aliphatic heterocycles. The quantitative estimate of drug-likeness (QED) is 0.837. The monoisotopic (exact) mass is 288 g/mol. The van der Waals surface area contributed by atoms with Crippen LogP contribution in [0.4, 0.5) is 24.9 Å². The number of nitrogens with zero attached hydrogens (tertiary/aromatic N) is 4. The average Bonchev–Trinajstić information content (AvgIpc) is 2.37. The van der Waals surface area contributed by atoms with Crippen molar-refractivity contribution in [3.05, 3.63) is 11.8 Å². The average molecular weight is 288 g/mol. The van der Waals surface area contributed by atoms with E-state index in [0.29, 0.717) is 19.0 Å². The first-order chi connectivity index (χ1) is 9.27. The summed E-state index contributed by atoms with van der Waals surface area (Å²) in [6.07, 6.45) is -2.40. The van der Waals surface area contributed by atoms with Crippen molar-refractivity contribution in [1.82, 2.24) is 9.97 Å². The molecule has 2 rings (SSSR count). The lowest BCUT2D eigenvalue weighted by molar-refractivity contribution is -0.141. The van der Waals surface area contributed by atoms with Gasteiger partial charge in [-0.2, -0.15) is 18.2 Å². The molecule has 0 aromatic carbocycles. The van der Waals surface area contributed by atoms with Crippen molar-refractivity contribution < 1.29 is 13.2 Å². The Bertz CT molecular complexity index is 473. The lowest BCUT2D eigenvalue weighted by atomic mass is 10.0. The van der Waals surface area contributed by atoms with E-state index in [4.69, 9.17) is 0 Å². The molecule has 112 valence electrons. The highest BCUT2D eigenvalue weighted by molar-refractivity contribution is 5.45. The van der Waals surface area contributed by atoms with Crippen LogP contribution < -0.4 is 9.80 Å². The Labute approximate surface area is 116 Å². The smallest absolute Gasteiger partial charge is 0.363 e. The second-order valence-electron chi connectivity index (χ2n) is 5.50. The summed E-state index contributed by atoms with van der Waals surface area (Å²) in [5.74, 6) is 0.903. The molecule has 0 bridgehead atoms. The number of rotatable bonds is 2. The maximum Gasteiger partial charge on any atom is 0.433 e. The predicted molar refractivity (Wildman–Crippen MR) is 72.0 cm³/mol. The van der Waals surface area contributed by atoms with Gasteiger partial charge in [-0.1, -0.05) is 6.92 Å². The van der Waals surface area contributed by atoms with Crippen molar-refractivity contribution in [2.75, 3.05) is 37.0 Å². The van der Waals surface area contributed by atoms with Gasteiger partial charge in [-0.3, -0.25) is 0 Å². The topological polar surface area (TPSA) is 32.3 Å². The molecule has 7 heteroatoms. The minimum Gasteiger partial charge on any atom is -0.363 e. The summed E-state index contributed by atoms with van der Waals surface area (Å²) >= 11 is 0. The summed E-state index contributed by atoms with van der Waals surface area (Å²) in [6, 6.07) is 0.983. The van der Waals surface area contributed by atoms with Gasteiger partial charge >= 0.3 is 6.18 Å². The first-order valence-corrected chi connectivity index (χ1v) is 6.66. The van der Waals surface area contributed by atoms with Crippen LogP contribution in [0, 0.1) is 5.92 Å². The molecule has 0 aliphatic carbocycles. The number of anilines is 2. The lowest BCUT2D eigenvalue weighted by Gasteiger charge is -2.31. The molecular formula is C13H19F3N4. The van der Waals surface area contributed by atoms with E-state index < -0.39 is 11.9 Å². The Morgan fingerprint density at radius 3 is 2.55 bits per heavy atom. The fourth-order valence-electron chi connectivity index (χ4n) is 2.31. The van der Waals surface area contributed by atoms with Gasteiger partial charge in [0.1, 0.15) is 5.82 Å². The summed E-state index contributed by atoms with van der Waals surface area (Å²) in [5.41, 5.74) is -0.885. The second-order valence-corrected chi connectivity index (χ2v) is 5.50. The molecule has 1 unspecified atom stereocenters. The van der Waals surface area contributed by atoms with Gasteiger partial charge in [0.15, 0.2) is 5.69 Å². The third-order valence-corrected chi connectivity index (χ3v) is 3.39. The van der Waals surface area contributed by atoms with E-state index in [9.17, 15) is 13.2 Å². The van der Waals surface area contributed by atoms with E-state index in [-0.39, 0.29) is 11.8 Å². The van der Waals surface area contributed by atoms with Crippen molar-refractivity contribution in [3.63, 3.8) is 0 Å². The predicted octanol–water partition coefficient (Wildman–Crippen LogP) is 2.80. The van der Waals surface area contributed by atoms with Crippen LogP contribution in [0.5, 0.6) is 0 Å². The van der Waals surface area contributed by atoms with E-state index in [2.05, 4.69) is 16.9 Å². The molecule has 0 amide bonds. The fraction of sp³-hybridized carbons (Fsp3) is 0.692. The minimum absolute atomic E-state index is 0.176. The van der Waals surface area contributed by atoms with E-state index in [0.717, 1.165) is 18.9 Å². The number of aromatic nitrogens is 2. The molecular weight excluding hydrogens is 269 g/mol. The highest BCUT2D eigenvalue weighted by Gasteiger charge is 2.34. The molecule has 4 nitrogen and oxygen atoms in total. The van der Waals surface area contributed by atoms with Gasteiger partial charge in [0.2, 0.25) is 5.95 Å². The number of alkyl halides is 3. The Morgan fingerprint density at radius 1 is 1.30 bits per heavy atom. The SMILES string of the molecule is CC1CCCN(c2nc(N(C)C)cc(C(F)(F)F)n2)C1. The van der Waals surface area contributed by atoms with E-state index in [1.54, 1.807) is 19.0 Å².